The summed E-state index contributed by atoms with van der Waals surface area (Å²) in [5.74, 6) is -0.240. The van der Waals surface area contributed by atoms with Crippen LogP contribution in [0.3, 0.4) is 0 Å². The van der Waals surface area contributed by atoms with Crippen molar-refractivity contribution in [2.75, 3.05) is 13.1 Å². The molecule has 1 amide bonds. The zero-order valence-corrected chi connectivity index (χ0v) is 14.2. The summed E-state index contributed by atoms with van der Waals surface area (Å²) in [4.78, 5) is 14.6. The summed E-state index contributed by atoms with van der Waals surface area (Å²) in [7, 11) is 0. The van der Waals surface area contributed by atoms with E-state index in [1.54, 1.807) is 0 Å². The number of piperidine rings is 1. The minimum Gasteiger partial charge on any atom is -0.393 e. The largest absolute Gasteiger partial charge is 0.393 e. The molecule has 1 aromatic carbocycles. The zero-order chi connectivity index (χ0) is 17.0. The highest BCUT2D eigenvalue weighted by atomic mass is 16.3. The molecule has 2 fully saturated rings. The first-order valence-corrected chi connectivity index (χ1v) is 9.05. The summed E-state index contributed by atoms with van der Waals surface area (Å²) in [5.41, 5.74) is 1.13. The predicted molar refractivity (Wildman–Crippen MR) is 92.2 cm³/mol. The first kappa shape index (κ1) is 17.4. The minimum atomic E-state index is -1.17. The lowest BCUT2D eigenvalue weighted by Crippen LogP contribution is -2.44. The molecule has 1 heterocycles. The molecule has 1 aliphatic carbocycles. The number of amides is 1. The Bertz CT molecular complexity index is 561. The van der Waals surface area contributed by atoms with Crippen LogP contribution in [0.4, 0.5) is 0 Å². The molecule has 1 aliphatic heterocycles. The molecule has 0 atom stereocenters. The summed E-state index contributed by atoms with van der Waals surface area (Å²) in [5, 5.41) is 22.9. The van der Waals surface area contributed by atoms with Gasteiger partial charge in [-0.05, 0) is 49.7 Å². The number of aliphatic hydroxyl groups excluding tert-OH is 1. The van der Waals surface area contributed by atoms with E-state index in [2.05, 4.69) is 16.3 Å². The van der Waals surface area contributed by atoms with Crippen molar-refractivity contribution in [2.24, 2.45) is 0 Å². The summed E-state index contributed by atoms with van der Waals surface area (Å²) in [6.07, 6.45) is 4.45. The van der Waals surface area contributed by atoms with Gasteiger partial charge in [0.2, 0.25) is 0 Å². The molecule has 5 nitrogen and oxygen atoms in total. The highest BCUT2D eigenvalue weighted by molar-refractivity contribution is 5.85. The van der Waals surface area contributed by atoms with Crippen LogP contribution in [-0.4, -0.2) is 45.8 Å². The molecule has 132 valence electrons. The molecule has 0 spiro atoms. The first-order valence-electron chi connectivity index (χ1n) is 9.05. The number of carbonyl (C=O) groups excluding carboxylic acids is 1. The molecule has 3 rings (SSSR count). The molecule has 24 heavy (non-hydrogen) atoms. The van der Waals surface area contributed by atoms with Crippen molar-refractivity contribution in [2.45, 2.75) is 63.3 Å². The Kier molecular flexibility index (Phi) is 5.54. The molecule has 1 saturated heterocycles. The fourth-order valence-electron chi connectivity index (χ4n) is 3.73. The highest BCUT2D eigenvalue weighted by Gasteiger charge is 2.38. The standard InChI is InChI=1S/C19H28N2O3/c22-17-7-11-21(12-8-17)14-16-6-2-1-5-15(16)13-20-18(23)19(24)9-3-4-10-19/h1-2,5-6,17,22,24H,3-4,7-14H2,(H,20,23). The van der Waals surface area contributed by atoms with Gasteiger partial charge >= 0.3 is 0 Å². The molecule has 1 aromatic rings. The number of nitrogens with zero attached hydrogens (tertiary/aromatic N) is 1. The summed E-state index contributed by atoms with van der Waals surface area (Å²) >= 11 is 0. The molecule has 1 saturated carbocycles. The fraction of sp³-hybridized carbons (Fsp3) is 0.632. The van der Waals surface area contributed by atoms with Crippen LogP contribution in [-0.2, 0) is 17.9 Å². The van der Waals surface area contributed by atoms with Gasteiger partial charge in [0.05, 0.1) is 6.10 Å². The number of aliphatic hydroxyl groups is 2. The van der Waals surface area contributed by atoms with Gasteiger partial charge < -0.3 is 15.5 Å². The Morgan fingerprint density at radius 2 is 1.79 bits per heavy atom. The third kappa shape index (κ3) is 4.15. The van der Waals surface area contributed by atoms with Crippen molar-refractivity contribution < 1.29 is 15.0 Å². The third-order valence-corrected chi connectivity index (χ3v) is 5.36. The van der Waals surface area contributed by atoms with Gasteiger partial charge in [-0.3, -0.25) is 9.69 Å². The Hall–Kier alpha value is -1.43. The highest BCUT2D eigenvalue weighted by Crippen LogP contribution is 2.29. The van der Waals surface area contributed by atoms with Crippen molar-refractivity contribution >= 4 is 5.91 Å². The number of benzene rings is 1. The smallest absolute Gasteiger partial charge is 0.252 e. The maximum absolute atomic E-state index is 12.3. The Morgan fingerprint density at radius 1 is 1.17 bits per heavy atom. The number of rotatable bonds is 5. The van der Waals surface area contributed by atoms with E-state index in [9.17, 15) is 15.0 Å². The molecule has 0 unspecified atom stereocenters. The van der Waals surface area contributed by atoms with E-state index in [-0.39, 0.29) is 12.0 Å². The molecular formula is C19H28N2O3. The topological polar surface area (TPSA) is 72.8 Å². The summed E-state index contributed by atoms with van der Waals surface area (Å²) in [6, 6.07) is 8.13. The van der Waals surface area contributed by atoms with Crippen LogP contribution in [0.2, 0.25) is 0 Å². The van der Waals surface area contributed by atoms with Crippen molar-refractivity contribution in [3.63, 3.8) is 0 Å². The monoisotopic (exact) mass is 332 g/mol. The van der Waals surface area contributed by atoms with Crippen LogP contribution in [0.15, 0.2) is 24.3 Å². The lowest BCUT2D eigenvalue weighted by molar-refractivity contribution is -0.139. The van der Waals surface area contributed by atoms with Gasteiger partial charge in [-0.1, -0.05) is 24.3 Å². The second kappa shape index (κ2) is 7.64. The Balaban J connectivity index is 1.58. The number of hydrogen-bond donors (Lipinski definition) is 3. The third-order valence-electron chi connectivity index (χ3n) is 5.36. The van der Waals surface area contributed by atoms with E-state index in [4.69, 9.17) is 0 Å². The van der Waals surface area contributed by atoms with E-state index in [1.807, 2.05) is 18.2 Å². The number of likely N-dealkylation sites (tertiary alicyclic amines) is 1. The van der Waals surface area contributed by atoms with Crippen LogP contribution in [0.5, 0.6) is 0 Å². The van der Waals surface area contributed by atoms with Gasteiger partial charge in [0.15, 0.2) is 0 Å². The van der Waals surface area contributed by atoms with Gasteiger partial charge in [-0.25, -0.2) is 0 Å². The van der Waals surface area contributed by atoms with Gasteiger partial charge in [-0.2, -0.15) is 0 Å². The maximum Gasteiger partial charge on any atom is 0.252 e. The number of nitrogens with one attached hydrogen (secondary N) is 1. The van der Waals surface area contributed by atoms with Gasteiger partial charge in [0.25, 0.3) is 5.91 Å². The quantitative estimate of drug-likeness (QED) is 0.765. The lowest BCUT2D eigenvalue weighted by Gasteiger charge is -2.30. The molecule has 0 bridgehead atoms. The second-order valence-electron chi connectivity index (χ2n) is 7.20. The average molecular weight is 332 g/mol. The van der Waals surface area contributed by atoms with Crippen molar-refractivity contribution in [3.8, 4) is 0 Å². The summed E-state index contributed by atoms with van der Waals surface area (Å²) in [6.45, 7) is 3.10. The van der Waals surface area contributed by atoms with E-state index in [1.165, 1.54) is 5.56 Å². The van der Waals surface area contributed by atoms with Gasteiger partial charge in [-0.15, -0.1) is 0 Å². The van der Waals surface area contributed by atoms with Crippen LogP contribution in [0, 0.1) is 0 Å². The van der Waals surface area contributed by atoms with Crippen LogP contribution in [0.25, 0.3) is 0 Å². The molecule has 3 N–H and O–H groups in total. The molecular weight excluding hydrogens is 304 g/mol. The normalized spacial score (nSPS) is 21.8. The Labute approximate surface area is 143 Å². The van der Waals surface area contributed by atoms with Crippen molar-refractivity contribution in [1.29, 1.82) is 0 Å². The van der Waals surface area contributed by atoms with E-state index in [0.717, 1.165) is 50.9 Å². The number of carbonyl (C=O) groups is 1. The molecule has 0 radical (unpaired) electrons. The van der Waals surface area contributed by atoms with E-state index in [0.29, 0.717) is 19.4 Å². The fourth-order valence-corrected chi connectivity index (χ4v) is 3.73. The van der Waals surface area contributed by atoms with Gasteiger partial charge in [0, 0.05) is 26.2 Å². The molecule has 5 heteroatoms. The van der Waals surface area contributed by atoms with Crippen LogP contribution in [0.1, 0.15) is 49.7 Å². The number of hydrogen-bond acceptors (Lipinski definition) is 4. The van der Waals surface area contributed by atoms with Crippen molar-refractivity contribution in [3.05, 3.63) is 35.4 Å². The van der Waals surface area contributed by atoms with Crippen LogP contribution < -0.4 is 5.32 Å². The average Bonchev–Trinajstić information content (AvgIpc) is 3.04. The molecule has 2 aliphatic rings. The van der Waals surface area contributed by atoms with Gasteiger partial charge in [0.1, 0.15) is 5.60 Å². The zero-order valence-electron chi connectivity index (χ0n) is 14.2. The predicted octanol–water partition coefficient (Wildman–Crippen LogP) is 1.56. The first-order chi connectivity index (χ1) is 11.6. The lowest BCUT2D eigenvalue weighted by atomic mass is 10.0. The maximum atomic E-state index is 12.3. The SMILES string of the molecule is O=C(NCc1ccccc1CN1CCC(O)CC1)C1(O)CCCC1. The summed E-state index contributed by atoms with van der Waals surface area (Å²) < 4.78 is 0. The minimum absolute atomic E-state index is 0.164. The molecule has 0 aromatic heterocycles. The van der Waals surface area contributed by atoms with Crippen molar-refractivity contribution in [1.82, 2.24) is 10.2 Å². The second-order valence-corrected chi connectivity index (χ2v) is 7.20. The van der Waals surface area contributed by atoms with Crippen LogP contribution >= 0.6 is 0 Å². The van der Waals surface area contributed by atoms with E-state index >= 15 is 0 Å². The Morgan fingerprint density at radius 3 is 2.46 bits per heavy atom. The van der Waals surface area contributed by atoms with E-state index < -0.39 is 5.60 Å².